The number of fused-ring (bicyclic) bond motifs is 1. The Morgan fingerprint density at radius 2 is 2.28 bits per heavy atom. The molecule has 0 N–H and O–H groups in total. The van der Waals surface area contributed by atoms with Crippen molar-refractivity contribution in [3.05, 3.63) is 45.8 Å². The molecule has 0 aliphatic heterocycles. The van der Waals surface area contributed by atoms with Crippen LogP contribution in [0.5, 0.6) is 0 Å². The van der Waals surface area contributed by atoms with Crippen LogP contribution in [0.4, 0.5) is 0 Å². The summed E-state index contributed by atoms with van der Waals surface area (Å²) in [6.07, 6.45) is 4.70. The minimum atomic E-state index is 0.130. The molecule has 0 saturated heterocycles. The molecular formula is C14H13BrN2O. The number of hydrogen-bond donors (Lipinski definition) is 0. The average Bonchev–Trinajstić information content (AvgIpc) is 2.76. The van der Waals surface area contributed by atoms with Crippen molar-refractivity contribution in [1.82, 2.24) is 4.98 Å². The van der Waals surface area contributed by atoms with Crippen molar-refractivity contribution in [3.8, 4) is 0 Å². The Hall–Kier alpha value is -1.55. The molecule has 2 rings (SSSR count). The highest BCUT2D eigenvalue weighted by molar-refractivity contribution is 9.10. The molecule has 3 nitrogen and oxygen atoms in total. The lowest BCUT2D eigenvalue weighted by molar-refractivity contribution is 0.0994. The highest BCUT2D eigenvalue weighted by Gasteiger charge is 2.27. The van der Waals surface area contributed by atoms with E-state index in [9.17, 15) is 4.79 Å². The molecule has 4 heteroatoms. The Morgan fingerprint density at radius 1 is 1.56 bits per heavy atom. The fourth-order valence-electron chi connectivity index (χ4n) is 2.14. The summed E-state index contributed by atoms with van der Waals surface area (Å²) >= 11 is 3.44. The molecule has 0 amide bonds. The number of aliphatic imine (C=N–C) groups is 1. The minimum absolute atomic E-state index is 0.130. The molecule has 0 fully saturated rings. The second-order valence-corrected chi connectivity index (χ2v) is 4.95. The summed E-state index contributed by atoms with van der Waals surface area (Å²) in [5.41, 5.74) is 3.88. The normalized spacial score (nSPS) is 15.1. The number of pyridine rings is 1. The second kappa shape index (κ2) is 4.98. The zero-order valence-electron chi connectivity index (χ0n) is 10.2. The average molecular weight is 305 g/mol. The summed E-state index contributed by atoms with van der Waals surface area (Å²) in [4.78, 5) is 20.3. The predicted octanol–water partition coefficient (Wildman–Crippen LogP) is 3.59. The second-order valence-electron chi connectivity index (χ2n) is 4.09. The molecule has 0 unspecified atom stereocenters. The van der Waals surface area contributed by atoms with E-state index >= 15 is 0 Å². The van der Waals surface area contributed by atoms with Gasteiger partial charge in [0.25, 0.3) is 0 Å². The summed E-state index contributed by atoms with van der Waals surface area (Å²) in [6, 6.07) is 0. The van der Waals surface area contributed by atoms with Crippen LogP contribution in [0.15, 0.2) is 34.0 Å². The molecule has 0 bridgehead atoms. The fourth-order valence-corrected chi connectivity index (χ4v) is 2.64. The van der Waals surface area contributed by atoms with Crippen molar-refractivity contribution in [2.75, 3.05) is 0 Å². The van der Waals surface area contributed by atoms with Crippen LogP contribution in [-0.2, 0) is 6.42 Å². The number of carbonyl (C=O) groups excluding carboxylic acids is 1. The Kier molecular flexibility index (Phi) is 3.57. The van der Waals surface area contributed by atoms with E-state index in [1.807, 2.05) is 6.92 Å². The van der Waals surface area contributed by atoms with Crippen LogP contribution in [0.25, 0.3) is 5.57 Å². The van der Waals surface area contributed by atoms with Gasteiger partial charge in [-0.1, -0.05) is 12.7 Å². The van der Waals surface area contributed by atoms with Gasteiger partial charge in [0.1, 0.15) is 0 Å². The zero-order chi connectivity index (χ0) is 13.3. The predicted molar refractivity (Wildman–Crippen MR) is 76.9 cm³/mol. The van der Waals surface area contributed by atoms with Gasteiger partial charge in [-0.25, -0.2) is 0 Å². The summed E-state index contributed by atoms with van der Waals surface area (Å²) in [5, 5.41) is 0. The van der Waals surface area contributed by atoms with Crippen LogP contribution in [0, 0.1) is 0 Å². The standard InChI is InChI=1S/C14H13BrN2O/c1-4-9(8(2)16-3)14-13-10(5-6-12(13)18)11(15)7-17-14/h4,7H,1,3,5-6H2,2H3/b9-8+. The Bertz CT molecular complexity index is 588. The van der Waals surface area contributed by atoms with Gasteiger partial charge in [0.2, 0.25) is 0 Å². The molecule has 1 aromatic heterocycles. The third-order valence-corrected chi connectivity index (χ3v) is 3.78. The maximum absolute atomic E-state index is 12.0. The number of allylic oxidation sites excluding steroid dienone is 3. The molecule has 0 atom stereocenters. The summed E-state index contributed by atoms with van der Waals surface area (Å²) in [6.45, 7) is 9.11. The number of aromatic nitrogens is 1. The van der Waals surface area contributed by atoms with E-state index < -0.39 is 0 Å². The van der Waals surface area contributed by atoms with Crippen molar-refractivity contribution < 1.29 is 4.79 Å². The largest absolute Gasteiger partial charge is 0.294 e. The van der Waals surface area contributed by atoms with E-state index in [0.29, 0.717) is 17.7 Å². The molecular weight excluding hydrogens is 292 g/mol. The number of nitrogens with zero attached hydrogens (tertiary/aromatic N) is 2. The lowest BCUT2D eigenvalue weighted by atomic mass is 10.0. The first-order valence-corrected chi connectivity index (χ1v) is 6.40. The summed E-state index contributed by atoms with van der Waals surface area (Å²) in [7, 11) is 0. The number of rotatable bonds is 3. The van der Waals surface area contributed by atoms with Crippen LogP contribution in [0.1, 0.15) is 35.0 Å². The van der Waals surface area contributed by atoms with Crippen molar-refractivity contribution in [1.29, 1.82) is 0 Å². The van der Waals surface area contributed by atoms with E-state index in [4.69, 9.17) is 0 Å². The van der Waals surface area contributed by atoms with Crippen LogP contribution in [0.2, 0.25) is 0 Å². The van der Waals surface area contributed by atoms with Gasteiger partial charge in [0, 0.05) is 33.9 Å². The van der Waals surface area contributed by atoms with Crippen molar-refractivity contribution in [2.45, 2.75) is 19.8 Å². The van der Waals surface area contributed by atoms with Gasteiger partial charge in [-0.3, -0.25) is 14.8 Å². The van der Waals surface area contributed by atoms with Crippen LogP contribution < -0.4 is 0 Å². The molecule has 18 heavy (non-hydrogen) atoms. The van der Waals surface area contributed by atoms with Gasteiger partial charge < -0.3 is 0 Å². The van der Waals surface area contributed by atoms with Crippen molar-refractivity contribution in [2.24, 2.45) is 4.99 Å². The molecule has 0 aromatic carbocycles. The minimum Gasteiger partial charge on any atom is -0.294 e. The Balaban J connectivity index is 2.75. The van der Waals surface area contributed by atoms with Gasteiger partial charge in [0.15, 0.2) is 5.78 Å². The number of ketones is 1. The van der Waals surface area contributed by atoms with Crippen LogP contribution >= 0.6 is 15.9 Å². The maximum Gasteiger partial charge on any atom is 0.165 e. The number of carbonyl (C=O) groups is 1. The van der Waals surface area contributed by atoms with Crippen LogP contribution in [-0.4, -0.2) is 17.5 Å². The maximum atomic E-state index is 12.0. The van der Waals surface area contributed by atoms with E-state index in [1.165, 1.54) is 0 Å². The smallest absolute Gasteiger partial charge is 0.165 e. The Labute approximate surface area is 114 Å². The molecule has 1 aromatic rings. The van der Waals surface area contributed by atoms with Gasteiger partial charge in [-0.15, -0.1) is 0 Å². The first kappa shape index (κ1) is 12.9. The van der Waals surface area contributed by atoms with E-state index in [0.717, 1.165) is 27.7 Å². The molecule has 0 spiro atoms. The molecule has 0 radical (unpaired) electrons. The highest BCUT2D eigenvalue weighted by Crippen LogP contribution is 2.34. The Morgan fingerprint density at radius 3 is 2.89 bits per heavy atom. The summed E-state index contributed by atoms with van der Waals surface area (Å²) in [5.74, 6) is 0.130. The number of Topliss-reactive ketones (excluding diaryl/α,β-unsaturated/α-hetero) is 1. The lowest BCUT2D eigenvalue weighted by Crippen LogP contribution is -2.02. The van der Waals surface area contributed by atoms with Gasteiger partial charge in [-0.2, -0.15) is 0 Å². The van der Waals surface area contributed by atoms with E-state index in [1.54, 1.807) is 12.3 Å². The van der Waals surface area contributed by atoms with Crippen molar-refractivity contribution >= 4 is 34.0 Å². The quantitative estimate of drug-likeness (QED) is 0.632. The van der Waals surface area contributed by atoms with E-state index in [2.05, 4.69) is 39.2 Å². The molecule has 1 aliphatic carbocycles. The monoisotopic (exact) mass is 304 g/mol. The third-order valence-electron chi connectivity index (χ3n) is 3.10. The first-order valence-electron chi connectivity index (χ1n) is 5.61. The molecule has 92 valence electrons. The fraction of sp³-hybridized carbons (Fsp3) is 0.214. The topological polar surface area (TPSA) is 42.3 Å². The SMILES string of the molecule is C=C/C(=C(/C)N=C)c1ncc(Br)c2c1C(=O)CC2. The van der Waals surface area contributed by atoms with Gasteiger partial charge >= 0.3 is 0 Å². The number of halogens is 1. The lowest BCUT2D eigenvalue weighted by Gasteiger charge is -2.10. The first-order chi connectivity index (χ1) is 8.60. The van der Waals surface area contributed by atoms with Gasteiger partial charge in [-0.05, 0) is 41.6 Å². The molecule has 0 saturated carbocycles. The third kappa shape index (κ3) is 1.97. The van der Waals surface area contributed by atoms with Crippen LogP contribution in [0.3, 0.4) is 0 Å². The molecule has 1 aliphatic rings. The van der Waals surface area contributed by atoms with Crippen molar-refractivity contribution in [3.63, 3.8) is 0 Å². The summed E-state index contributed by atoms with van der Waals surface area (Å²) < 4.78 is 0.889. The highest BCUT2D eigenvalue weighted by atomic mass is 79.9. The number of hydrogen-bond acceptors (Lipinski definition) is 3. The van der Waals surface area contributed by atoms with E-state index in [-0.39, 0.29) is 5.78 Å². The van der Waals surface area contributed by atoms with Gasteiger partial charge in [0.05, 0.1) is 5.69 Å². The molecule has 1 heterocycles. The zero-order valence-corrected chi connectivity index (χ0v) is 11.7.